The molecule has 20 heavy (non-hydrogen) atoms. The minimum atomic E-state index is -1.58. The van der Waals surface area contributed by atoms with Gasteiger partial charge in [-0.05, 0) is 6.07 Å². The Balaban J connectivity index is 2.68. The van der Waals surface area contributed by atoms with Crippen LogP contribution in [0.25, 0.3) is 0 Å². The van der Waals surface area contributed by atoms with Gasteiger partial charge in [-0.25, -0.2) is 4.79 Å². The van der Waals surface area contributed by atoms with E-state index in [1.807, 2.05) is 0 Å². The zero-order valence-electron chi connectivity index (χ0n) is 10.1. The Kier molecular flexibility index (Phi) is 5.42. The molecule has 0 aliphatic heterocycles. The molecule has 0 saturated heterocycles. The molecule has 1 rings (SSSR count). The second kappa shape index (κ2) is 6.83. The van der Waals surface area contributed by atoms with Gasteiger partial charge in [-0.15, -0.1) is 0 Å². The van der Waals surface area contributed by atoms with Gasteiger partial charge in [0.15, 0.2) is 6.10 Å². The molecule has 0 aliphatic rings. The molecule has 1 amide bonds. The normalized spacial score (nSPS) is 11.7. The summed E-state index contributed by atoms with van der Waals surface area (Å²) < 4.78 is 0. The van der Waals surface area contributed by atoms with Crippen LogP contribution >= 0.6 is 11.6 Å². The lowest BCUT2D eigenvalue weighted by Crippen LogP contribution is -2.30. The lowest BCUT2D eigenvalue weighted by atomic mass is 10.2. The van der Waals surface area contributed by atoms with Gasteiger partial charge in [-0.1, -0.05) is 11.6 Å². The molecule has 0 saturated carbocycles. The number of aliphatic carboxylic acids is 1. The van der Waals surface area contributed by atoms with Crippen LogP contribution in [0.15, 0.2) is 18.2 Å². The van der Waals surface area contributed by atoms with Gasteiger partial charge < -0.3 is 15.5 Å². The van der Waals surface area contributed by atoms with Crippen LogP contribution < -0.4 is 5.32 Å². The van der Waals surface area contributed by atoms with Crippen molar-refractivity contribution in [3.63, 3.8) is 0 Å². The van der Waals surface area contributed by atoms with Gasteiger partial charge in [-0.2, -0.15) is 0 Å². The number of carbonyl (C=O) groups excluding carboxylic acids is 1. The third kappa shape index (κ3) is 4.48. The van der Waals surface area contributed by atoms with Gasteiger partial charge >= 0.3 is 5.97 Å². The Morgan fingerprint density at radius 3 is 2.60 bits per heavy atom. The number of benzene rings is 1. The number of carboxylic acids is 1. The zero-order valence-corrected chi connectivity index (χ0v) is 10.8. The third-order valence-corrected chi connectivity index (χ3v) is 2.56. The van der Waals surface area contributed by atoms with Crippen molar-refractivity contribution in [2.45, 2.75) is 12.5 Å². The standard InChI is InChI=1S/C11H11ClN2O6/c12-7-3-6(4-8(5-7)14(19)20)10(16)13-2-1-9(15)11(17)18/h3-5,9,15H,1-2H2,(H,13,16)(H,17,18). The lowest BCUT2D eigenvalue weighted by molar-refractivity contribution is -0.384. The maximum absolute atomic E-state index is 11.7. The predicted octanol–water partition coefficient (Wildman–Crippen LogP) is 0.814. The van der Waals surface area contributed by atoms with E-state index in [-0.39, 0.29) is 29.2 Å². The summed E-state index contributed by atoms with van der Waals surface area (Å²) >= 11 is 5.66. The van der Waals surface area contributed by atoms with Crippen molar-refractivity contribution < 1.29 is 24.7 Å². The molecule has 1 aromatic carbocycles. The molecule has 1 aromatic rings. The quantitative estimate of drug-likeness (QED) is 0.526. The highest BCUT2D eigenvalue weighted by Gasteiger charge is 2.16. The number of nitro groups is 1. The summed E-state index contributed by atoms with van der Waals surface area (Å²) in [6.07, 6.45) is -1.76. The summed E-state index contributed by atoms with van der Waals surface area (Å²) in [5.74, 6) is -2.04. The summed E-state index contributed by atoms with van der Waals surface area (Å²) in [6, 6.07) is 3.40. The maximum Gasteiger partial charge on any atom is 0.332 e. The summed E-state index contributed by atoms with van der Waals surface area (Å²) in [7, 11) is 0. The van der Waals surface area contributed by atoms with Crippen molar-refractivity contribution in [3.8, 4) is 0 Å². The van der Waals surface area contributed by atoms with Crippen LogP contribution in [0.2, 0.25) is 5.02 Å². The van der Waals surface area contributed by atoms with E-state index in [0.29, 0.717) is 0 Å². The van der Waals surface area contributed by atoms with Crippen LogP contribution in [-0.2, 0) is 4.79 Å². The van der Waals surface area contributed by atoms with Crippen LogP contribution in [0.1, 0.15) is 16.8 Å². The predicted molar refractivity (Wildman–Crippen MR) is 68.7 cm³/mol. The fraction of sp³-hybridized carbons (Fsp3) is 0.273. The number of aliphatic hydroxyl groups is 1. The van der Waals surface area contributed by atoms with Crippen molar-refractivity contribution in [1.82, 2.24) is 5.32 Å². The molecule has 0 aliphatic carbocycles. The maximum atomic E-state index is 11.7. The first-order valence-corrected chi connectivity index (χ1v) is 5.83. The van der Waals surface area contributed by atoms with Crippen LogP contribution in [0.3, 0.4) is 0 Å². The lowest BCUT2D eigenvalue weighted by Gasteiger charge is -2.07. The number of amides is 1. The Morgan fingerprint density at radius 2 is 2.05 bits per heavy atom. The number of hydrogen-bond acceptors (Lipinski definition) is 5. The molecule has 1 unspecified atom stereocenters. The van der Waals surface area contributed by atoms with Gasteiger partial charge in [0, 0.05) is 35.7 Å². The number of nitrogens with zero attached hydrogens (tertiary/aromatic N) is 1. The Hall–Kier alpha value is -2.19. The second-order valence-corrected chi connectivity index (χ2v) is 4.29. The van der Waals surface area contributed by atoms with Gasteiger partial charge in [0.1, 0.15) is 0 Å². The van der Waals surface area contributed by atoms with Gasteiger partial charge in [-0.3, -0.25) is 14.9 Å². The molecular weight excluding hydrogens is 292 g/mol. The fourth-order valence-corrected chi connectivity index (χ4v) is 1.59. The largest absolute Gasteiger partial charge is 0.479 e. The highest BCUT2D eigenvalue weighted by atomic mass is 35.5. The monoisotopic (exact) mass is 302 g/mol. The number of non-ortho nitro benzene ring substituents is 1. The number of nitrogens with one attached hydrogen (secondary N) is 1. The van der Waals surface area contributed by atoms with E-state index >= 15 is 0 Å². The summed E-state index contributed by atoms with van der Waals surface area (Å²) in [6.45, 7) is -0.0907. The molecule has 1 atom stereocenters. The fourth-order valence-electron chi connectivity index (χ4n) is 1.36. The van der Waals surface area contributed by atoms with Crippen LogP contribution in [-0.4, -0.2) is 39.7 Å². The number of carbonyl (C=O) groups is 2. The van der Waals surface area contributed by atoms with Crippen LogP contribution in [0, 0.1) is 10.1 Å². The number of aliphatic hydroxyl groups excluding tert-OH is 1. The van der Waals surface area contributed by atoms with E-state index < -0.39 is 22.9 Å². The SMILES string of the molecule is O=C(NCCC(O)C(=O)O)c1cc(Cl)cc([N+](=O)[O-])c1. The van der Waals surface area contributed by atoms with Crippen molar-refractivity contribution >= 4 is 29.2 Å². The number of halogens is 1. The summed E-state index contributed by atoms with van der Waals surface area (Å²) in [4.78, 5) is 32.0. The van der Waals surface area contributed by atoms with E-state index in [1.165, 1.54) is 6.07 Å². The molecule has 0 radical (unpaired) electrons. The smallest absolute Gasteiger partial charge is 0.332 e. The summed E-state index contributed by atoms with van der Waals surface area (Å²) in [5.41, 5.74) is -0.345. The molecule has 8 nitrogen and oxygen atoms in total. The van der Waals surface area contributed by atoms with E-state index in [0.717, 1.165) is 12.1 Å². The van der Waals surface area contributed by atoms with E-state index in [2.05, 4.69) is 5.32 Å². The minimum Gasteiger partial charge on any atom is -0.479 e. The molecular formula is C11H11ClN2O6. The van der Waals surface area contributed by atoms with Crippen molar-refractivity contribution in [2.24, 2.45) is 0 Å². The van der Waals surface area contributed by atoms with E-state index in [1.54, 1.807) is 0 Å². The minimum absolute atomic E-state index is 0.0194. The Morgan fingerprint density at radius 1 is 1.40 bits per heavy atom. The number of carboxylic acid groups (broad SMARTS) is 1. The van der Waals surface area contributed by atoms with E-state index in [4.69, 9.17) is 21.8 Å². The Bertz CT molecular complexity index is 548. The zero-order chi connectivity index (χ0) is 15.3. The number of rotatable bonds is 6. The molecule has 3 N–H and O–H groups in total. The molecule has 0 spiro atoms. The second-order valence-electron chi connectivity index (χ2n) is 3.85. The molecule has 0 bridgehead atoms. The van der Waals surface area contributed by atoms with Crippen LogP contribution in [0.4, 0.5) is 5.69 Å². The number of hydrogen-bond donors (Lipinski definition) is 3. The molecule has 0 fully saturated rings. The molecule has 9 heteroatoms. The van der Waals surface area contributed by atoms with Crippen LogP contribution in [0.5, 0.6) is 0 Å². The molecule has 0 heterocycles. The first-order valence-electron chi connectivity index (χ1n) is 5.45. The van der Waals surface area contributed by atoms with Crippen molar-refractivity contribution in [1.29, 1.82) is 0 Å². The molecule has 0 aromatic heterocycles. The average Bonchev–Trinajstić information content (AvgIpc) is 2.37. The van der Waals surface area contributed by atoms with Gasteiger partial charge in [0.2, 0.25) is 0 Å². The van der Waals surface area contributed by atoms with Gasteiger partial charge in [0.05, 0.1) is 4.92 Å². The number of nitro benzene ring substituents is 1. The molecule has 108 valence electrons. The Labute approximate surface area is 118 Å². The topological polar surface area (TPSA) is 130 Å². The third-order valence-electron chi connectivity index (χ3n) is 2.34. The highest BCUT2D eigenvalue weighted by molar-refractivity contribution is 6.31. The van der Waals surface area contributed by atoms with Crippen molar-refractivity contribution in [3.05, 3.63) is 38.9 Å². The van der Waals surface area contributed by atoms with Gasteiger partial charge in [0.25, 0.3) is 11.6 Å². The van der Waals surface area contributed by atoms with E-state index in [9.17, 15) is 19.7 Å². The summed E-state index contributed by atoms with van der Waals surface area (Å²) in [5, 5.41) is 30.4. The first-order chi connectivity index (χ1) is 9.31. The first kappa shape index (κ1) is 15.9. The van der Waals surface area contributed by atoms with Crippen molar-refractivity contribution in [2.75, 3.05) is 6.54 Å². The highest BCUT2D eigenvalue weighted by Crippen LogP contribution is 2.20. The average molecular weight is 303 g/mol.